The van der Waals surface area contributed by atoms with Gasteiger partial charge in [0, 0.05) is 13.8 Å². The van der Waals surface area contributed by atoms with Gasteiger partial charge in [-0.05, 0) is 12.1 Å². The van der Waals surface area contributed by atoms with Gasteiger partial charge < -0.3 is 9.47 Å². The average Bonchev–Trinajstić information content (AvgIpc) is 3.06. The summed E-state index contributed by atoms with van der Waals surface area (Å²) in [6, 6.07) is -0.127. The zero-order chi connectivity index (χ0) is 26.0. The van der Waals surface area contributed by atoms with Crippen LogP contribution in [-0.2, 0) is 15.7 Å². The molecule has 1 aromatic heterocycles. The summed E-state index contributed by atoms with van der Waals surface area (Å²) in [5, 5.41) is 12.1. The molecule has 0 aliphatic carbocycles. The molecule has 1 unspecified atom stereocenters. The van der Waals surface area contributed by atoms with Gasteiger partial charge in [0.05, 0.1) is 35.4 Å². The highest BCUT2D eigenvalue weighted by Gasteiger charge is 2.46. The van der Waals surface area contributed by atoms with E-state index in [1.807, 2.05) is 0 Å². The Morgan fingerprint density at radius 2 is 1.59 bits per heavy atom. The molecular formula is C19H15Cl2F6N5O2. The van der Waals surface area contributed by atoms with Crippen molar-refractivity contribution in [1.29, 1.82) is 5.26 Å². The smallest absolute Gasteiger partial charge is 0.416 e. The molecule has 1 heterocycles. The zero-order valence-electron chi connectivity index (χ0n) is 17.8. The summed E-state index contributed by atoms with van der Waals surface area (Å²) in [6.07, 6.45) is -9.85. The van der Waals surface area contributed by atoms with Gasteiger partial charge in [-0.3, -0.25) is 0 Å². The van der Waals surface area contributed by atoms with Crippen molar-refractivity contribution in [2.75, 3.05) is 14.2 Å². The van der Waals surface area contributed by atoms with Gasteiger partial charge in [0.1, 0.15) is 11.8 Å². The molecule has 0 fully saturated rings. The van der Waals surface area contributed by atoms with E-state index >= 15 is 0 Å². The first-order valence-corrected chi connectivity index (χ1v) is 9.75. The van der Waals surface area contributed by atoms with Gasteiger partial charge in [0.2, 0.25) is 0 Å². The first kappa shape index (κ1) is 27.3. The fourth-order valence-corrected chi connectivity index (χ4v) is 3.33. The maximum absolute atomic E-state index is 14.0. The van der Waals surface area contributed by atoms with Gasteiger partial charge in [-0.2, -0.15) is 41.7 Å². The Morgan fingerprint density at radius 3 is 2.00 bits per heavy atom. The summed E-state index contributed by atoms with van der Waals surface area (Å²) in [7, 11) is 2.27. The van der Waals surface area contributed by atoms with Gasteiger partial charge >= 0.3 is 12.4 Å². The van der Waals surface area contributed by atoms with Crippen molar-refractivity contribution in [2.45, 2.75) is 32.2 Å². The topological polar surface area (TPSA) is 84.8 Å². The third kappa shape index (κ3) is 5.74. The highest BCUT2D eigenvalue weighted by molar-refractivity contribution is 6.38. The number of hydrogen-bond acceptors (Lipinski definition) is 6. The van der Waals surface area contributed by atoms with Crippen LogP contribution in [0.2, 0.25) is 10.0 Å². The summed E-state index contributed by atoms with van der Waals surface area (Å²) < 4.78 is 91.6. The van der Waals surface area contributed by atoms with Crippen LogP contribution < -0.4 is 0 Å². The third-order valence-corrected chi connectivity index (χ3v) is 4.88. The van der Waals surface area contributed by atoms with Crippen LogP contribution in [0, 0.1) is 11.3 Å². The van der Waals surface area contributed by atoms with E-state index in [1.54, 1.807) is 0 Å². The lowest BCUT2D eigenvalue weighted by Crippen LogP contribution is -2.21. The molecule has 7 nitrogen and oxygen atoms in total. The van der Waals surface area contributed by atoms with E-state index in [0.717, 1.165) is 14.0 Å². The predicted molar refractivity (Wildman–Crippen MR) is 112 cm³/mol. The standard InChI is InChI=1S/C19H15Cl2F6N5O2/c1-8(33-3)29-16(19(25,26)27)14-13(7-28)31-32(17(14)30-9(2)34-4)15-11(20)5-10(6-12(15)21)18(22,23)24/h5-6,16H,1-4H3. The molecule has 0 bridgehead atoms. The molecule has 0 N–H and O–H groups in total. The monoisotopic (exact) mass is 529 g/mol. The highest BCUT2D eigenvalue weighted by Crippen LogP contribution is 2.45. The Kier molecular flexibility index (Phi) is 8.10. The summed E-state index contributed by atoms with van der Waals surface area (Å²) in [6.45, 7) is 2.44. The molecule has 0 saturated heterocycles. The number of aliphatic imine (C=N–C) groups is 2. The number of rotatable bonds is 4. The second-order valence-corrected chi connectivity index (χ2v) is 7.34. The predicted octanol–water partition coefficient (Wildman–Crippen LogP) is 6.43. The minimum Gasteiger partial charge on any atom is -0.484 e. The van der Waals surface area contributed by atoms with Crippen LogP contribution in [0.15, 0.2) is 22.1 Å². The second-order valence-electron chi connectivity index (χ2n) is 6.53. The zero-order valence-corrected chi connectivity index (χ0v) is 19.3. The quantitative estimate of drug-likeness (QED) is 0.259. The molecule has 2 aromatic rings. The van der Waals surface area contributed by atoms with Crippen molar-refractivity contribution in [3.8, 4) is 11.8 Å². The van der Waals surface area contributed by atoms with Crippen LogP contribution in [0.5, 0.6) is 0 Å². The number of ether oxygens (including phenoxy) is 2. The van der Waals surface area contributed by atoms with Crippen LogP contribution in [0.3, 0.4) is 0 Å². The largest absolute Gasteiger partial charge is 0.484 e. The molecule has 34 heavy (non-hydrogen) atoms. The van der Waals surface area contributed by atoms with Crippen molar-refractivity contribution in [2.24, 2.45) is 9.98 Å². The average molecular weight is 530 g/mol. The highest BCUT2D eigenvalue weighted by atomic mass is 35.5. The van der Waals surface area contributed by atoms with Crippen LogP contribution >= 0.6 is 23.2 Å². The number of nitrogens with zero attached hydrogens (tertiary/aromatic N) is 5. The number of hydrogen-bond donors (Lipinski definition) is 0. The van der Waals surface area contributed by atoms with Crippen molar-refractivity contribution < 1.29 is 35.8 Å². The first-order valence-electron chi connectivity index (χ1n) is 8.99. The lowest BCUT2D eigenvalue weighted by molar-refractivity contribution is -0.148. The summed E-state index contributed by atoms with van der Waals surface area (Å²) in [5.41, 5.74) is -3.22. The van der Waals surface area contributed by atoms with Crippen molar-refractivity contribution in [3.05, 3.63) is 39.0 Å². The minimum absolute atomic E-state index is 0.167. The fourth-order valence-electron chi connectivity index (χ4n) is 2.68. The van der Waals surface area contributed by atoms with Crippen LogP contribution in [0.4, 0.5) is 32.2 Å². The molecule has 0 spiro atoms. The minimum atomic E-state index is -5.04. The fraction of sp³-hybridized carbons (Fsp3) is 0.368. The number of alkyl halides is 6. The molecule has 1 aromatic carbocycles. The van der Waals surface area contributed by atoms with Gasteiger partial charge in [-0.15, -0.1) is 0 Å². The molecule has 184 valence electrons. The molecule has 2 rings (SSSR count). The number of methoxy groups -OCH3 is 2. The number of halogens is 8. The van der Waals surface area contributed by atoms with Crippen LogP contribution in [0.1, 0.15) is 36.7 Å². The third-order valence-electron chi connectivity index (χ3n) is 4.31. The first-order chi connectivity index (χ1) is 15.6. The van der Waals surface area contributed by atoms with E-state index < -0.39 is 56.8 Å². The van der Waals surface area contributed by atoms with Gasteiger partial charge in [0.15, 0.2) is 29.3 Å². The Hall–Kier alpha value is -2.98. The summed E-state index contributed by atoms with van der Waals surface area (Å²) in [5.74, 6) is -1.17. The molecule has 0 amide bonds. The lowest BCUT2D eigenvalue weighted by atomic mass is 10.1. The van der Waals surface area contributed by atoms with Crippen LogP contribution in [-0.4, -0.2) is 42.0 Å². The maximum Gasteiger partial charge on any atom is 0.416 e. The van der Waals surface area contributed by atoms with E-state index in [4.69, 9.17) is 32.7 Å². The Bertz CT molecular complexity index is 1160. The van der Waals surface area contributed by atoms with E-state index in [9.17, 15) is 31.6 Å². The van der Waals surface area contributed by atoms with E-state index in [-0.39, 0.29) is 11.8 Å². The summed E-state index contributed by atoms with van der Waals surface area (Å²) >= 11 is 12.0. The normalized spacial score (nSPS) is 14.1. The SMILES string of the molecule is COC(C)=Nc1c(C(N=C(C)OC)C(F)(F)F)c(C#N)nn1-c1c(Cl)cc(C(F)(F)F)cc1Cl. The molecule has 0 saturated carbocycles. The van der Waals surface area contributed by atoms with E-state index in [1.165, 1.54) is 20.1 Å². The van der Waals surface area contributed by atoms with Gasteiger partial charge in [-0.1, -0.05) is 23.2 Å². The lowest BCUT2D eigenvalue weighted by Gasteiger charge is -2.18. The molecule has 1 atom stereocenters. The maximum atomic E-state index is 14.0. The second kappa shape index (κ2) is 10.1. The van der Waals surface area contributed by atoms with Gasteiger partial charge in [0.25, 0.3) is 0 Å². The van der Waals surface area contributed by atoms with Crippen molar-refractivity contribution in [3.63, 3.8) is 0 Å². The molecule has 0 aliphatic heterocycles. The van der Waals surface area contributed by atoms with Crippen LogP contribution in [0.25, 0.3) is 5.69 Å². The number of aromatic nitrogens is 2. The van der Waals surface area contributed by atoms with E-state index in [2.05, 4.69) is 15.1 Å². The number of benzene rings is 1. The Labute approximate surface area is 199 Å². The van der Waals surface area contributed by atoms with Gasteiger partial charge in [-0.25, -0.2) is 9.67 Å². The van der Waals surface area contributed by atoms with Crippen molar-refractivity contribution in [1.82, 2.24) is 9.78 Å². The Morgan fingerprint density at radius 1 is 1.06 bits per heavy atom. The molecule has 0 aliphatic rings. The Balaban J connectivity index is 3.01. The molecule has 15 heteroatoms. The number of nitriles is 1. The summed E-state index contributed by atoms with van der Waals surface area (Å²) in [4.78, 5) is 7.41. The molecule has 0 radical (unpaired) electrons. The van der Waals surface area contributed by atoms with Crippen molar-refractivity contribution >= 4 is 40.8 Å². The molecular weight excluding hydrogens is 515 g/mol. The van der Waals surface area contributed by atoms with E-state index in [0.29, 0.717) is 16.8 Å².